The van der Waals surface area contributed by atoms with Gasteiger partial charge in [0.05, 0.1) is 31.3 Å². The van der Waals surface area contributed by atoms with Crippen LogP contribution in [0, 0.1) is 0 Å². The fourth-order valence-electron chi connectivity index (χ4n) is 0.656. The van der Waals surface area contributed by atoms with E-state index in [1.165, 1.54) is 0 Å². The number of carboxylic acid groups (broad SMARTS) is 1. The van der Waals surface area contributed by atoms with Gasteiger partial charge >= 0.3 is 5.97 Å². The molecule has 0 heterocycles. The van der Waals surface area contributed by atoms with Gasteiger partial charge in [-0.05, 0) is 6.42 Å². The van der Waals surface area contributed by atoms with E-state index in [1.54, 1.807) is 6.92 Å². The lowest BCUT2D eigenvalue weighted by atomic mass is 10.5. The number of hydrogen-bond acceptors (Lipinski definition) is 4. The van der Waals surface area contributed by atoms with Crippen molar-refractivity contribution in [1.29, 1.82) is 0 Å². The standard InChI is InChI=1S/C5H11NO2.C3H8O3S/c1-6(2,3)4-5(7)8;1-2-3-7(4,5)6/h4H2,1-3H3;2-3H2,1H3,(H,4,5,6). The van der Waals surface area contributed by atoms with Gasteiger partial charge in [0.25, 0.3) is 0 Å². The second kappa shape index (κ2) is 6.76. The van der Waals surface area contributed by atoms with Gasteiger partial charge in [0.1, 0.15) is 0 Å². The number of carboxylic acids is 1. The second-order valence-corrected chi connectivity index (χ2v) is 5.63. The molecule has 0 rings (SSSR count). The molecule has 0 fully saturated rings. The van der Waals surface area contributed by atoms with Crippen LogP contribution in [0.4, 0.5) is 0 Å². The first kappa shape index (κ1) is 16.8. The summed E-state index contributed by atoms with van der Waals surface area (Å²) < 4.78 is 29.5. The third kappa shape index (κ3) is 24.7. The molecule has 0 aromatic carbocycles. The lowest BCUT2D eigenvalue weighted by Gasteiger charge is -2.20. The molecule has 0 aliphatic heterocycles. The average molecular weight is 241 g/mol. The van der Waals surface area contributed by atoms with Crippen molar-refractivity contribution in [2.75, 3.05) is 33.4 Å². The number of hydrogen-bond donors (Lipinski definition) is 1. The molecule has 15 heavy (non-hydrogen) atoms. The largest absolute Gasteiger partial charge is 0.748 e. The van der Waals surface area contributed by atoms with Gasteiger partial charge in [0, 0.05) is 5.75 Å². The highest BCUT2D eigenvalue weighted by Gasteiger charge is 2.11. The topological polar surface area (TPSA) is 94.5 Å². The molecule has 0 aliphatic rings. The predicted octanol–water partition coefficient (Wildman–Crippen LogP) is -0.281. The molecule has 0 aliphatic carbocycles. The Morgan fingerprint density at radius 3 is 1.73 bits per heavy atom. The highest BCUT2D eigenvalue weighted by Crippen LogP contribution is 1.86. The molecule has 0 unspecified atom stereocenters. The first-order chi connectivity index (χ1) is 6.48. The molecule has 0 spiro atoms. The lowest BCUT2D eigenvalue weighted by molar-refractivity contribution is -0.862. The van der Waals surface area contributed by atoms with Crippen molar-refractivity contribution in [1.82, 2.24) is 0 Å². The monoisotopic (exact) mass is 241 g/mol. The molecule has 0 bridgehead atoms. The molecule has 7 heteroatoms. The van der Waals surface area contributed by atoms with E-state index < -0.39 is 16.1 Å². The van der Waals surface area contributed by atoms with Crippen LogP contribution in [-0.2, 0) is 14.9 Å². The van der Waals surface area contributed by atoms with Crippen molar-refractivity contribution in [3.05, 3.63) is 0 Å². The zero-order valence-electron chi connectivity index (χ0n) is 9.56. The Bertz CT molecular complexity index is 278. The molecule has 0 aromatic rings. The molecule has 0 aromatic heterocycles. The van der Waals surface area contributed by atoms with E-state index in [0.29, 0.717) is 10.9 Å². The minimum atomic E-state index is -3.92. The van der Waals surface area contributed by atoms with Gasteiger partial charge in [0.2, 0.25) is 0 Å². The van der Waals surface area contributed by atoms with Gasteiger partial charge in [-0.2, -0.15) is 0 Å². The Morgan fingerprint density at radius 2 is 1.73 bits per heavy atom. The quantitative estimate of drug-likeness (QED) is 0.539. The van der Waals surface area contributed by atoms with Gasteiger partial charge in [-0.3, -0.25) is 0 Å². The van der Waals surface area contributed by atoms with Crippen LogP contribution < -0.4 is 0 Å². The summed E-state index contributed by atoms with van der Waals surface area (Å²) in [5, 5.41) is 8.23. The fraction of sp³-hybridized carbons (Fsp3) is 0.875. The molecule has 6 nitrogen and oxygen atoms in total. The Morgan fingerprint density at radius 1 is 1.33 bits per heavy atom. The van der Waals surface area contributed by atoms with Crippen molar-refractivity contribution >= 4 is 16.1 Å². The number of rotatable bonds is 4. The number of nitrogens with zero attached hydrogens (tertiary/aromatic N) is 1. The minimum absolute atomic E-state index is 0.181. The minimum Gasteiger partial charge on any atom is -0.748 e. The molecule has 0 saturated carbocycles. The average Bonchev–Trinajstić information content (AvgIpc) is 1.77. The Kier molecular flexibility index (Phi) is 7.55. The van der Waals surface area contributed by atoms with Gasteiger partial charge in [0.15, 0.2) is 6.54 Å². The van der Waals surface area contributed by atoms with Gasteiger partial charge in [-0.25, -0.2) is 13.2 Å². The first-order valence-corrected chi connectivity index (χ1v) is 6.01. The molecular formula is C8H19NO5S. The molecule has 0 radical (unpaired) electrons. The van der Waals surface area contributed by atoms with Crippen LogP contribution in [0.1, 0.15) is 13.3 Å². The van der Waals surface area contributed by atoms with E-state index in [2.05, 4.69) is 0 Å². The third-order valence-corrected chi connectivity index (χ3v) is 1.97. The zero-order valence-corrected chi connectivity index (χ0v) is 10.4. The number of carbonyl (C=O) groups is 1. The number of likely N-dealkylation sites (N-methyl/N-ethyl adjacent to an activating group) is 1. The third-order valence-electron chi connectivity index (χ3n) is 1.06. The van der Waals surface area contributed by atoms with Crippen molar-refractivity contribution in [3.8, 4) is 0 Å². The summed E-state index contributed by atoms with van der Waals surface area (Å²) in [6, 6.07) is 0. The molecular weight excluding hydrogens is 222 g/mol. The predicted molar refractivity (Wildman–Crippen MR) is 55.4 cm³/mol. The van der Waals surface area contributed by atoms with Gasteiger partial charge < -0.3 is 14.1 Å². The zero-order chi connectivity index (χ0) is 12.7. The van der Waals surface area contributed by atoms with E-state index >= 15 is 0 Å². The number of aliphatic carboxylic acids is 1. The molecule has 92 valence electrons. The maximum atomic E-state index is 10.00. The lowest BCUT2D eigenvalue weighted by Crippen LogP contribution is -2.39. The maximum absolute atomic E-state index is 10.00. The second-order valence-electron chi connectivity index (χ2n) is 4.10. The van der Waals surface area contributed by atoms with Gasteiger partial charge in [-0.15, -0.1) is 0 Å². The molecule has 0 atom stereocenters. The Labute approximate surface area is 90.9 Å². The summed E-state index contributed by atoms with van der Waals surface area (Å²) in [7, 11) is 1.60. The van der Waals surface area contributed by atoms with Crippen molar-refractivity contribution < 1.29 is 27.4 Å². The summed E-state index contributed by atoms with van der Waals surface area (Å²) in [5.41, 5.74) is 0. The molecule has 1 N–H and O–H groups in total. The summed E-state index contributed by atoms with van der Waals surface area (Å²) in [6.45, 7) is 1.83. The smallest absolute Gasteiger partial charge is 0.359 e. The van der Waals surface area contributed by atoms with Crippen molar-refractivity contribution in [2.45, 2.75) is 13.3 Å². The SMILES string of the molecule is CCCS(=O)(=O)[O-].C[N+](C)(C)CC(=O)O. The number of quaternary nitrogens is 1. The molecule has 0 saturated heterocycles. The van der Waals surface area contributed by atoms with E-state index in [4.69, 9.17) is 5.11 Å². The normalized spacial score (nSPS) is 11.5. The van der Waals surface area contributed by atoms with Crippen LogP contribution in [0.5, 0.6) is 0 Å². The Balaban J connectivity index is 0. The first-order valence-electron chi connectivity index (χ1n) is 4.43. The summed E-state index contributed by atoms with van der Waals surface area (Å²) >= 11 is 0. The van der Waals surface area contributed by atoms with Crippen LogP contribution in [0.25, 0.3) is 0 Å². The van der Waals surface area contributed by atoms with Crippen LogP contribution >= 0.6 is 0 Å². The van der Waals surface area contributed by atoms with E-state index in [9.17, 15) is 17.8 Å². The van der Waals surface area contributed by atoms with Crippen LogP contribution in [0.2, 0.25) is 0 Å². The maximum Gasteiger partial charge on any atom is 0.359 e. The van der Waals surface area contributed by atoms with Crippen LogP contribution in [0.3, 0.4) is 0 Å². The highest BCUT2D eigenvalue weighted by atomic mass is 32.2. The van der Waals surface area contributed by atoms with Crippen molar-refractivity contribution in [2.24, 2.45) is 0 Å². The van der Waals surface area contributed by atoms with Crippen LogP contribution in [0.15, 0.2) is 0 Å². The van der Waals surface area contributed by atoms with Crippen LogP contribution in [-0.4, -0.2) is 62.0 Å². The van der Waals surface area contributed by atoms with E-state index in [0.717, 1.165) is 0 Å². The summed E-state index contributed by atoms with van der Waals surface area (Å²) in [4.78, 5) is 10.00. The summed E-state index contributed by atoms with van der Waals surface area (Å²) in [6.07, 6.45) is 0.409. The van der Waals surface area contributed by atoms with E-state index in [1.807, 2.05) is 21.1 Å². The summed E-state index contributed by atoms with van der Waals surface area (Å²) in [5.74, 6) is -0.995. The van der Waals surface area contributed by atoms with Crippen molar-refractivity contribution in [3.63, 3.8) is 0 Å². The Hall–Kier alpha value is -0.660. The highest BCUT2D eigenvalue weighted by molar-refractivity contribution is 7.85. The fourth-order valence-corrected chi connectivity index (χ4v) is 1.16. The van der Waals surface area contributed by atoms with E-state index in [-0.39, 0.29) is 12.3 Å². The molecule has 0 amide bonds. The van der Waals surface area contributed by atoms with Gasteiger partial charge in [-0.1, -0.05) is 6.92 Å².